The van der Waals surface area contributed by atoms with Crippen molar-refractivity contribution in [2.24, 2.45) is 15.9 Å². The molecule has 8 heteroatoms. The first-order valence-electron chi connectivity index (χ1n) is 8.52. The third kappa shape index (κ3) is 3.79. The van der Waals surface area contributed by atoms with Crippen molar-refractivity contribution in [3.63, 3.8) is 0 Å². The molecule has 0 saturated heterocycles. The number of nitrogens with one attached hydrogen (secondary N) is 1. The maximum atomic E-state index is 12.6. The maximum absolute atomic E-state index is 12.6. The summed E-state index contributed by atoms with van der Waals surface area (Å²) in [6.07, 6.45) is 8.72. The number of amidine groups is 1. The second-order valence-corrected chi connectivity index (χ2v) is 6.55. The molecular formula is C20H15ClN4O3. The highest BCUT2D eigenvalue weighted by Gasteiger charge is 2.35. The summed E-state index contributed by atoms with van der Waals surface area (Å²) in [7, 11) is 0. The van der Waals surface area contributed by atoms with Gasteiger partial charge in [0, 0.05) is 10.7 Å². The number of halogens is 1. The smallest absolute Gasteiger partial charge is 0.349 e. The van der Waals surface area contributed by atoms with Crippen molar-refractivity contribution in [2.45, 2.75) is 6.54 Å². The molecule has 1 aromatic carbocycles. The SMILES string of the molecule is O=C(/N=C1\C2C=CC=CC2=NC(=O)N1Cc1ccco1)Nc1ccc(Cl)cc1. The number of carbonyl (C=O) groups excluding carboxylic acids is 2. The van der Waals surface area contributed by atoms with Crippen LogP contribution < -0.4 is 5.32 Å². The first-order chi connectivity index (χ1) is 13.6. The van der Waals surface area contributed by atoms with Gasteiger partial charge in [0.25, 0.3) is 0 Å². The van der Waals surface area contributed by atoms with Crippen molar-refractivity contribution in [3.8, 4) is 0 Å². The van der Waals surface area contributed by atoms with Gasteiger partial charge in [-0.05, 0) is 42.5 Å². The molecule has 7 nitrogen and oxygen atoms in total. The predicted molar refractivity (Wildman–Crippen MR) is 107 cm³/mol. The van der Waals surface area contributed by atoms with Crippen LogP contribution in [0.5, 0.6) is 0 Å². The molecule has 0 spiro atoms. The minimum Gasteiger partial charge on any atom is -0.467 e. The van der Waals surface area contributed by atoms with E-state index in [9.17, 15) is 9.59 Å². The quantitative estimate of drug-likeness (QED) is 0.819. The van der Waals surface area contributed by atoms with E-state index in [-0.39, 0.29) is 6.54 Å². The van der Waals surface area contributed by atoms with E-state index in [1.54, 1.807) is 48.6 Å². The topological polar surface area (TPSA) is 87.3 Å². The van der Waals surface area contributed by atoms with Crippen LogP contribution in [0, 0.1) is 5.92 Å². The molecule has 0 radical (unpaired) electrons. The van der Waals surface area contributed by atoms with Gasteiger partial charge in [-0.1, -0.05) is 29.8 Å². The zero-order chi connectivity index (χ0) is 19.5. The molecule has 2 aromatic rings. The summed E-state index contributed by atoms with van der Waals surface area (Å²) in [5, 5.41) is 3.24. The van der Waals surface area contributed by atoms with Gasteiger partial charge < -0.3 is 9.73 Å². The predicted octanol–water partition coefficient (Wildman–Crippen LogP) is 4.68. The average molecular weight is 395 g/mol. The van der Waals surface area contributed by atoms with Crippen LogP contribution in [0.3, 0.4) is 0 Å². The van der Waals surface area contributed by atoms with Crippen molar-refractivity contribution in [3.05, 3.63) is 77.7 Å². The van der Waals surface area contributed by atoms with Crippen molar-refractivity contribution in [1.82, 2.24) is 4.90 Å². The zero-order valence-electron chi connectivity index (χ0n) is 14.6. The Morgan fingerprint density at radius 3 is 2.82 bits per heavy atom. The normalized spacial score (nSPS) is 19.5. The Labute approximate surface area is 165 Å². The lowest BCUT2D eigenvalue weighted by atomic mass is 9.94. The minimum atomic E-state index is -0.598. The van der Waals surface area contributed by atoms with Gasteiger partial charge in [-0.15, -0.1) is 0 Å². The van der Waals surface area contributed by atoms with Crippen molar-refractivity contribution in [2.75, 3.05) is 5.32 Å². The van der Waals surface area contributed by atoms with Gasteiger partial charge in [0.2, 0.25) is 0 Å². The summed E-state index contributed by atoms with van der Waals surface area (Å²) >= 11 is 5.86. The molecule has 0 bridgehead atoms. The first kappa shape index (κ1) is 17.9. The van der Waals surface area contributed by atoms with Gasteiger partial charge in [-0.2, -0.15) is 9.98 Å². The summed E-state index contributed by atoms with van der Waals surface area (Å²) in [5.74, 6) is 0.459. The van der Waals surface area contributed by atoms with Gasteiger partial charge in [-0.25, -0.2) is 9.59 Å². The summed E-state index contributed by atoms with van der Waals surface area (Å²) in [4.78, 5) is 34.7. The van der Waals surface area contributed by atoms with Crippen LogP contribution >= 0.6 is 11.6 Å². The van der Waals surface area contributed by atoms with E-state index in [4.69, 9.17) is 16.0 Å². The van der Waals surface area contributed by atoms with Crippen LogP contribution in [0.25, 0.3) is 0 Å². The Kier molecular flexibility index (Phi) is 4.90. The summed E-state index contributed by atoms with van der Waals surface area (Å²) in [6, 6.07) is 9.04. The van der Waals surface area contributed by atoms with Gasteiger partial charge in [0.1, 0.15) is 11.6 Å². The largest absolute Gasteiger partial charge is 0.467 e. The number of benzene rings is 1. The van der Waals surface area contributed by atoms with Crippen molar-refractivity contribution >= 4 is 40.9 Å². The number of furan rings is 1. The van der Waals surface area contributed by atoms with Crippen molar-refractivity contribution < 1.29 is 14.0 Å². The third-order valence-corrected chi connectivity index (χ3v) is 4.47. The molecule has 0 saturated carbocycles. The number of nitrogens with zero attached hydrogens (tertiary/aromatic N) is 3. The number of allylic oxidation sites excluding steroid dienone is 3. The highest BCUT2D eigenvalue weighted by atomic mass is 35.5. The third-order valence-electron chi connectivity index (χ3n) is 4.22. The van der Waals surface area contributed by atoms with E-state index in [2.05, 4.69) is 15.3 Å². The fraction of sp³-hybridized carbons (Fsp3) is 0.100. The molecule has 1 N–H and O–H groups in total. The Hall–Kier alpha value is -3.45. The molecule has 1 atom stereocenters. The van der Waals surface area contributed by atoms with Gasteiger partial charge in [-0.3, -0.25) is 4.90 Å². The van der Waals surface area contributed by atoms with Crippen LogP contribution in [0.15, 0.2) is 81.4 Å². The molecule has 1 unspecified atom stereocenters. The van der Waals surface area contributed by atoms with Crippen LogP contribution in [0.2, 0.25) is 5.02 Å². The Morgan fingerprint density at radius 2 is 2.07 bits per heavy atom. The van der Waals surface area contributed by atoms with Gasteiger partial charge >= 0.3 is 12.1 Å². The maximum Gasteiger partial charge on any atom is 0.349 e. The highest BCUT2D eigenvalue weighted by molar-refractivity contribution is 6.30. The van der Waals surface area contributed by atoms with E-state index in [1.165, 1.54) is 11.2 Å². The minimum absolute atomic E-state index is 0.129. The van der Waals surface area contributed by atoms with E-state index in [0.717, 1.165) is 0 Å². The summed E-state index contributed by atoms with van der Waals surface area (Å²) in [6.45, 7) is 0.129. The summed E-state index contributed by atoms with van der Waals surface area (Å²) < 4.78 is 5.34. The van der Waals surface area contributed by atoms with E-state index >= 15 is 0 Å². The van der Waals surface area contributed by atoms with Gasteiger partial charge in [0.15, 0.2) is 0 Å². The van der Waals surface area contributed by atoms with E-state index in [1.807, 2.05) is 12.2 Å². The number of hydrogen-bond acceptors (Lipinski definition) is 3. The number of aliphatic imine (C=N–C) groups is 2. The number of anilines is 1. The number of fused-ring (bicyclic) bond motifs is 1. The highest BCUT2D eigenvalue weighted by Crippen LogP contribution is 2.23. The molecule has 0 fully saturated rings. The fourth-order valence-corrected chi connectivity index (χ4v) is 3.05. The molecule has 2 aliphatic rings. The molecule has 28 heavy (non-hydrogen) atoms. The molecular weight excluding hydrogens is 380 g/mol. The van der Waals surface area contributed by atoms with E-state index < -0.39 is 18.0 Å². The lowest BCUT2D eigenvalue weighted by Gasteiger charge is -2.31. The lowest BCUT2D eigenvalue weighted by molar-refractivity contribution is 0.223. The Bertz CT molecular complexity index is 1020. The fourth-order valence-electron chi connectivity index (χ4n) is 2.92. The van der Waals surface area contributed by atoms with Crippen LogP contribution in [-0.4, -0.2) is 28.5 Å². The standard InChI is InChI=1S/C20H15ClN4O3/c21-13-7-9-14(10-8-13)22-19(26)24-18-16-5-1-2-6-17(16)23-20(27)25(18)12-15-4-3-11-28-15/h1-11,16H,12H2,(H,22,26)/b24-18+. The molecule has 1 aromatic heterocycles. The van der Waals surface area contributed by atoms with Gasteiger partial charge in [0.05, 0.1) is 24.4 Å². The first-order valence-corrected chi connectivity index (χ1v) is 8.90. The van der Waals surface area contributed by atoms with Crippen LogP contribution in [0.4, 0.5) is 15.3 Å². The van der Waals surface area contributed by atoms with Crippen LogP contribution in [-0.2, 0) is 6.54 Å². The van der Waals surface area contributed by atoms with Crippen molar-refractivity contribution in [1.29, 1.82) is 0 Å². The number of hydrogen-bond donors (Lipinski definition) is 1. The monoisotopic (exact) mass is 394 g/mol. The number of rotatable bonds is 3. The molecule has 4 amide bonds. The van der Waals surface area contributed by atoms with Crippen LogP contribution in [0.1, 0.15) is 5.76 Å². The number of carbonyl (C=O) groups is 2. The average Bonchev–Trinajstić information content (AvgIpc) is 3.19. The Morgan fingerprint density at radius 1 is 1.25 bits per heavy atom. The molecule has 4 rings (SSSR count). The lowest BCUT2D eigenvalue weighted by Crippen LogP contribution is -2.46. The number of amides is 4. The molecule has 140 valence electrons. The van der Waals surface area contributed by atoms with E-state index in [0.29, 0.717) is 28.0 Å². The number of urea groups is 2. The molecule has 1 aliphatic heterocycles. The second kappa shape index (κ2) is 7.66. The molecule has 1 aliphatic carbocycles. The second-order valence-electron chi connectivity index (χ2n) is 6.11. The Balaban J connectivity index is 1.65. The molecule has 2 heterocycles. The zero-order valence-corrected chi connectivity index (χ0v) is 15.3. The summed E-state index contributed by atoms with van der Waals surface area (Å²) in [5.41, 5.74) is 1.09.